The molecule has 0 amide bonds. The van der Waals surface area contributed by atoms with E-state index in [0.29, 0.717) is 6.61 Å². The van der Waals surface area contributed by atoms with E-state index in [2.05, 4.69) is 20.5 Å². The Kier molecular flexibility index (Phi) is 2.96. The molecule has 1 fully saturated rings. The number of carbonyl (C=O) groups excluding carboxylic acids is 1. The molecule has 2 heterocycles. The van der Waals surface area contributed by atoms with Gasteiger partial charge in [0.15, 0.2) is 0 Å². The Morgan fingerprint density at radius 3 is 3.20 bits per heavy atom. The maximum Gasteiger partial charge on any atom is 0.378 e. The lowest BCUT2D eigenvalue weighted by Gasteiger charge is -2.03. The Hall–Kier alpha value is -1.43. The number of hydrogen-bond donors (Lipinski definition) is 2. The fourth-order valence-electron chi connectivity index (χ4n) is 1.64. The number of aromatic nitrogens is 3. The molecule has 82 valence electrons. The molecule has 0 unspecified atom stereocenters. The number of nitrogens with zero attached hydrogens (tertiary/aromatic N) is 2. The molecular formula is C9H14N4O2. The van der Waals surface area contributed by atoms with Gasteiger partial charge in [-0.15, -0.1) is 5.10 Å². The van der Waals surface area contributed by atoms with Crippen molar-refractivity contribution in [3.05, 3.63) is 11.6 Å². The van der Waals surface area contributed by atoms with Gasteiger partial charge in [0.1, 0.15) is 5.82 Å². The molecule has 6 heteroatoms. The number of hydrogen-bond acceptors (Lipinski definition) is 5. The van der Waals surface area contributed by atoms with E-state index in [0.717, 1.165) is 25.2 Å². The number of rotatable bonds is 3. The summed E-state index contributed by atoms with van der Waals surface area (Å²) in [6.07, 6.45) is 2.15. The van der Waals surface area contributed by atoms with Crippen LogP contribution in [0.4, 0.5) is 0 Å². The van der Waals surface area contributed by atoms with Gasteiger partial charge in [-0.1, -0.05) is 0 Å². The Morgan fingerprint density at radius 1 is 1.67 bits per heavy atom. The SMILES string of the molecule is CCOC(=O)c1n[nH]c([C@H]2CCCN2)n1. The van der Waals surface area contributed by atoms with Gasteiger partial charge in [0, 0.05) is 0 Å². The summed E-state index contributed by atoms with van der Waals surface area (Å²) >= 11 is 0. The number of esters is 1. The van der Waals surface area contributed by atoms with E-state index in [9.17, 15) is 4.79 Å². The number of aromatic amines is 1. The van der Waals surface area contributed by atoms with Crippen molar-refractivity contribution in [1.82, 2.24) is 20.5 Å². The van der Waals surface area contributed by atoms with E-state index in [1.54, 1.807) is 6.92 Å². The van der Waals surface area contributed by atoms with Crippen molar-refractivity contribution in [2.45, 2.75) is 25.8 Å². The van der Waals surface area contributed by atoms with Crippen molar-refractivity contribution >= 4 is 5.97 Å². The molecule has 0 saturated carbocycles. The third-order valence-corrected chi connectivity index (χ3v) is 2.35. The molecule has 1 aliphatic rings. The number of nitrogens with one attached hydrogen (secondary N) is 2. The van der Waals surface area contributed by atoms with Gasteiger partial charge in [-0.2, -0.15) is 0 Å². The van der Waals surface area contributed by atoms with Crippen LogP contribution in [0.1, 0.15) is 42.3 Å². The molecule has 0 radical (unpaired) electrons. The van der Waals surface area contributed by atoms with Crippen molar-refractivity contribution in [2.24, 2.45) is 0 Å². The minimum Gasteiger partial charge on any atom is -0.460 e. The number of ether oxygens (including phenoxy) is 1. The van der Waals surface area contributed by atoms with Crippen molar-refractivity contribution in [3.8, 4) is 0 Å². The minimum absolute atomic E-state index is 0.112. The van der Waals surface area contributed by atoms with Gasteiger partial charge in [-0.3, -0.25) is 5.10 Å². The first kappa shape index (κ1) is 10.1. The van der Waals surface area contributed by atoms with Crippen LogP contribution in [-0.4, -0.2) is 34.3 Å². The fourth-order valence-corrected chi connectivity index (χ4v) is 1.64. The van der Waals surface area contributed by atoms with Gasteiger partial charge in [0.05, 0.1) is 12.6 Å². The van der Waals surface area contributed by atoms with Crippen LogP contribution in [0.3, 0.4) is 0 Å². The summed E-state index contributed by atoms with van der Waals surface area (Å²) in [4.78, 5) is 15.4. The first-order valence-electron chi connectivity index (χ1n) is 5.14. The largest absolute Gasteiger partial charge is 0.460 e. The molecule has 6 nitrogen and oxygen atoms in total. The maximum absolute atomic E-state index is 11.3. The quantitative estimate of drug-likeness (QED) is 0.706. The van der Waals surface area contributed by atoms with Crippen LogP contribution in [0.15, 0.2) is 0 Å². The standard InChI is InChI=1S/C9H14N4O2/c1-2-15-9(14)8-11-7(12-13-8)6-4-3-5-10-6/h6,10H,2-5H2,1H3,(H,11,12,13)/t6-/m1/s1. The molecule has 1 saturated heterocycles. The molecule has 1 atom stereocenters. The molecule has 1 aromatic rings. The zero-order valence-electron chi connectivity index (χ0n) is 8.62. The lowest BCUT2D eigenvalue weighted by molar-refractivity contribution is 0.0512. The minimum atomic E-state index is -0.474. The molecule has 15 heavy (non-hydrogen) atoms. The molecular weight excluding hydrogens is 196 g/mol. The molecule has 1 aliphatic heterocycles. The van der Waals surface area contributed by atoms with E-state index >= 15 is 0 Å². The van der Waals surface area contributed by atoms with Crippen molar-refractivity contribution in [2.75, 3.05) is 13.2 Å². The summed E-state index contributed by atoms with van der Waals surface area (Å²) in [6, 6.07) is 0.195. The molecule has 0 aromatic carbocycles. The summed E-state index contributed by atoms with van der Waals surface area (Å²) in [7, 11) is 0. The van der Waals surface area contributed by atoms with Crippen molar-refractivity contribution < 1.29 is 9.53 Å². The van der Waals surface area contributed by atoms with Crippen LogP contribution in [0.5, 0.6) is 0 Å². The molecule has 2 rings (SSSR count). The monoisotopic (exact) mass is 210 g/mol. The maximum atomic E-state index is 11.3. The van der Waals surface area contributed by atoms with Crippen molar-refractivity contribution in [3.63, 3.8) is 0 Å². The molecule has 0 spiro atoms. The number of carbonyl (C=O) groups is 1. The van der Waals surface area contributed by atoms with Gasteiger partial charge < -0.3 is 10.1 Å². The highest BCUT2D eigenvalue weighted by Gasteiger charge is 2.22. The lowest BCUT2D eigenvalue weighted by Crippen LogP contribution is -2.14. The van der Waals surface area contributed by atoms with Crippen LogP contribution in [0, 0.1) is 0 Å². The Labute approximate surface area is 87.4 Å². The van der Waals surface area contributed by atoms with E-state index in [1.807, 2.05) is 0 Å². The average Bonchev–Trinajstić information content (AvgIpc) is 2.89. The fraction of sp³-hybridized carbons (Fsp3) is 0.667. The third-order valence-electron chi connectivity index (χ3n) is 2.35. The second-order valence-corrected chi connectivity index (χ2v) is 3.41. The zero-order valence-corrected chi connectivity index (χ0v) is 8.62. The summed E-state index contributed by atoms with van der Waals surface area (Å²) in [5.74, 6) is 0.356. The first-order chi connectivity index (χ1) is 7.31. The van der Waals surface area contributed by atoms with Crippen LogP contribution >= 0.6 is 0 Å². The van der Waals surface area contributed by atoms with E-state index in [-0.39, 0.29) is 11.9 Å². The second kappa shape index (κ2) is 4.39. The van der Waals surface area contributed by atoms with Crippen LogP contribution in [0.25, 0.3) is 0 Å². The van der Waals surface area contributed by atoms with Crippen LogP contribution in [0.2, 0.25) is 0 Å². The molecule has 2 N–H and O–H groups in total. The Morgan fingerprint density at radius 2 is 2.53 bits per heavy atom. The van der Waals surface area contributed by atoms with Crippen LogP contribution in [-0.2, 0) is 4.74 Å². The Balaban J connectivity index is 2.06. The third kappa shape index (κ3) is 2.15. The zero-order chi connectivity index (χ0) is 10.7. The van der Waals surface area contributed by atoms with Gasteiger partial charge in [0.2, 0.25) is 0 Å². The average molecular weight is 210 g/mol. The van der Waals surface area contributed by atoms with Crippen molar-refractivity contribution in [1.29, 1.82) is 0 Å². The first-order valence-corrected chi connectivity index (χ1v) is 5.14. The molecule has 0 aliphatic carbocycles. The molecule has 1 aromatic heterocycles. The number of H-pyrrole nitrogens is 1. The predicted octanol–water partition coefficient (Wildman–Crippen LogP) is 0.406. The Bertz CT molecular complexity index is 344. The summed E-state index contributed by atoms with van der Waals surface area (Å²) in [5.41, 5.74) is 0. The normalized spacial score (nSPS) is 20.5. The lowest BCUT2D eigenvalue weighted by atomic mass is 10.2. The van der Waals surface area contributed by atoms with Gasteiger partial charge >= 0.3 is 5.97 Å². The molecule has 0 bridgehead atoms. The predicted molar refractivity (Wildman–Crippen MR) is 52.3 cm³/mol. The van der Waals surface area contributed by atoms with E-state index in [1.165, 1.54) is 0 Å². The van der Waals surface area contributed by atoms with Gasteiger partial charge in [-0.25, -0.2) is 9.78 Å². The summed E-state index contributed by atoms with van der Waals surface area (Å²) < 4.78 is 4.80. The van der Waals surface area contributed by atoms with E-state index in [4.69, 9.17) is 4.74 Å². The second-order valence-electron chi connectivity index (χ2n) is 3.41. The highest BCUT2D eigenvalue weighted by Crippen LogP contribution is 2.19. The summed E-state index contributed by atoms with van der Waals surface area (Å²) in [6.45, 7) is 3.08. The van der Waals surface area contributed by atoms with E-state index < -0.39 is 5.97 Å². The van der Waals surface area contributed by atoms with Gasteiger partial charge in [0.25, 0.3) is 5.82 Å². The van der Waals surface area contributed by atoms with Crippen LogP contribution < -0.4 is 5.32 Å². The highest BCUT2D eigenvalue weighted by molar-refractivity contribution is 5.84. The topological polar surface area (TPSA) is 79.9 Å². The van der Waals surface area contributed by atoms with Gasteiger partial charge in [-0.05, 0) is 26.3 Å². The smallest absolute Gasteiger partial charge is 0.378 e. The highest BCUT2D eigenvalue weighted by atomic mass is 16.5. The summed E-state index contributed by atoms with van der Waals surface area (Å²) in [5, 5.41) is 9.86.